The molecule has 248 valence electrons. The van der Waals surface area contributed by atoms with Crippen LogP contribution in [0.15, 0.2) is 182 Å². The summed E-state index contributed by atoms with van der Waals surface area (Å²) in [6.45, 7) is 0. The first-order valence-electron chi connectivity index (χ1n) is 17.7. The van der Waals surface area contributed by atoms with Gasteiger partial charge in [0.1, 0.15) is 5.82 Å². The number of rotatable bonds is 5. The van der Waals surface area contributed by atoms with Gasteiger partial charge in [0.15, 0.2) is 5.82 Å². The van der Waals surface area contributed by atoms with Crippen molar-refractivity contribution in [2.24, 2.45) is 0 Å². The summed E-state index contributed by atoms with van der Waals surface area (Å²) in [7, 11) is 0. The quantitative estimate of drug-likeness (QED) is 0.170. The van der Waals surface area contributed by atoms with Crippen LogP contribution < -0.4 is 0 Å². The second-order valence-corrected chi connectivity index (χ2v) is 13.3. The molecule has 10 rings (SSSR count). The van der Waals surface area contributed by atoms with Crippen LogP contribution in [0, 0.1) is 5.82 Å². The van der Waals surface area contributed by atoms with Crippen molar-refractivity contribution in [3.63, 3.8) is 0 Å². The number of pyridine rings is 1. The largest absolute Gasteiger partial charge is 0.247 e. The first-order valence-corrected chi connectivity index (χ1v) is 17.7. The summed E-state index contributed by atoms with van der Waals surface area (Å²) in [6, 6.07) is 61.4. The highest BCUT2D eigenvalue weighted by atomic mass is 19.1. The van der Waals surface area contributed by atoms with Gasteiger partial charge in [0, 0.05) is 38.4 Å². The Labute approximate surface area is 305 Å². The number of hydrogen-bond acceptors (Lipinski definition) is 3. The topological polar surface area (TPSA) is 38.7 Å². The number of halogens is 1. The molecule has 2 aromatic heterocycles. The third-order valence-corrected chi connectivity index (χ3v) is 10.2. The number of para-hydroxylation sites is 1. The van der Waals surface area contributed by atoms with Gasteiger partial charge in [-0.05, 0) is 75.1 Å². The van der Waals surface area contributed by atoms with Gasteiger partial charge in [-0.15, -0.1) is 0 Å². The van der Waals surface area contributed by atoms with Crippen LogP contribution in [-0.2, 0) is 0 Å². The van der Waals surface area contributed by atoms with Crippen LogP contribution in [0.5, 0.6) is 0 Å². The van der Waals surface area contributed by atoms with Crippen LogP contribution in [-0.4, -0.2) is 15.0 Å². The lowest BCUT2D eigenvalue weighted by Crippen LogP contribution is -1.97. The van der Waals surface area contributed by atoms with E-state index in [-0.39, 0.29) is 5.82 Å². The van der Waals surface area contributed by atoms with E-state index < -0.39 is 0 Å². The van der Waals surface area contributed by atoms with E-state index in [1.807, 2.05) is 54.6 Å². The number of aromatic nitrogens is 3. The van der Waals surface area contributed by atoms with Crippen molar-refractivity contribution < 1.29 is 4.39 Å². The van der Waals surface area contributed by atoms with Crippen molar-refractivity contribution in [2.45, 2.75) is 0 Å². The van der Waals surface area contributed by atoms with E-state index in [9.17, 15) is 4.39 Å². The van der Waals surface area contributed by atoms with Crippen molar-refractivity contribution in [2.75, 3.05) is 0 Å². The van der Waals surface area contributed by atoms with E-state index in [1.54, 1.807) is 0 Å². The van der Waals surface area contributed by atoms with Crippen LogP contribution in [0.4, 0.5) is 4.39 Å². The lowest BCUT2D eigenvalue weighted by molar-refractivity contribution is 0.628. The van der Waals surface area contributed by atoms with Gasteiger partial charge in [0.05, 0.1) is 22.6 Å². The first kappa shape index (κ1) is 30.8. The summed E-state index contributed by atoms with van der Waals surface area (Å²) >= 11 is 0. The summed E-state index contributed by atoms with van der Waals surface area (Å²) in [6.07, 6.45) is 0. The minimum Gasteiger partial charge on any atom is -0.247 e. The molecule has 0 radical (unpaired) electrons. The standard InChI is InChI=1S/C49H30FN3/c50-34-24-22-33(23-25-34)48-43-29-27-39-36(19-11-20-40(39)47(43)42-18-9-10-21-44(42)51-48)38-26-28-41(37-17-8-7-16-35(37)38)49-52-45(31-12-3-1-4-13-31)30-46(53-49)32-14-5-2-6-15-32/h1-30H. The second-order valence-electron chi connectivity index (χ2n) is 13.3. The molecule has 0 saturated heterocycles. The summed E-state index contributed by atoms with van der Waals surface area (Å²) in [4.78, 5) is 15.4. The maximum absolute atomic E-state index is 14.0. The van der Waals surface area contributed by atoms with Crippen molar-refractivity contribution in [3.8, 4) is 56.3 Å². The van der Waals surface area contributed by atoms with Gasteiger partial charge < -0.3 is 0 Å². The molecule has 0 aliphatic heterocycles. The zero-order valence-corrected chi connectivity index (χ0v) is 28.5. The fraction of sp³-hybridized carbons (Fsp3) is 0. The van der Waals surface area contributed by atoms with E-state index >= 15 is 0 Å². The van der Waals surface area contributed by atoms with Crippen molar-refractivity contribution in [3.05, 3.63) is 188 Å². The molecule has 8 aromatic carbocycles. The zero-order valence-electron chi connectivity index (χ0n) is 28.5. The lowest BCUT2D eigenvalue weighted by atomic mass is 9.89. The average Bonchev–Trinajstić information content (AvgIpc) is 3.23. The Morgan fingerprint density at radius 2 is 0.868 bits per heavy atom. The molecule has 0 fully saturated rings. The highest BCUT2D eigenvalue weighted by Crippen LogP contribution is 2.42. The molecule has 0 saturated carbocycles. The monoisotopic (exact) mass is 679 g/mol. The van der Waals surface area contributed by atoms with Gasteiger partial charge in [0.25, 0.3) is 0 Å². The number of benzene rings is 8. The first-order chi connectivity index (χ1) is 26.2. The lowest BCUT2D eigenvalue weighted by Gasteiger charge is -2.17. The molecule has 4 heteroatoms. The van der Waals surface area contributed by atoms with Crippen LogP contribution in [0.3, 0.4) is 0 Å². The molecule has 0 bridgehead atoms. The van der Waals surface area contributed by atoms with Gasteiger partial charge in [-0.1, -0.05) is 140 Å². The van der Waals surface area contributed by atoms with Crippen LogP contribution >= 0.6 is 0 Å². The Morgan fingerprint density at radius 3 is 1.57 bits per heavy atom. The Kier molecular flexibility index (Phi) is 7.33. The minimum absolute atomic E-state index is 0.265. The number of nitrogens with zero attached hydrogens (tertiary/aromatic N) is 3. The molecule has 0 aliphatic carbocycles. The molecule has 53 heavy (non-hydrogen) atoms. The van der Waals surface area contributed by atoms with Gasteiger partial charge in [-0.2, -0.15) is 0 Å². The minimum atomic E-state index is -0.265. The van der Waals surface area contributed by atoms with Crippen molar-refractivity contribution in [1.82, 2.24) is 15.0 Å². The molecule has 0 atom stereocenters. The van der Waals surface area contributed by atoms with E-state index in [4.69, 9.17) is 15.0 Å². The Hall–Kier alpha value is -7.04. The van der Waals surface area contributed by atoms with Crippen LogP contribution in [0.1, 0.15) is 0 Å². The molecule has 0 aliphatic rings. The van der Waals surface area contributed by atoms with Gasteiger partial charge in [-0.25, -0.2) is 19.3 Å². The molecule has 0 amide bonds. The van der Waals surface area contributed by atoms with Gasteiger partial charge in [-0.3, -0.25) is 0 Å². The molecule has 2 heterocycles. The molecule has 10 aromatic rings. The van der Waals surface area contributed by atoms with E-state index in [0.29, 0.717) is 5.82 Å². The van der Waals surface area contributed by atoms with E-state index in [2.05, 4.69) is 115 Å². The Balaban J connectivity index is 1.20. The number of fused-ring (bicyclic) bond motifs is 6. The molecular formula is C49H30FN3. The molecule has 0 unspecified atom stereocenters. The maximum Gasteiger partial charge on any atom is 0.161 e. The summed E-state index contributed by atoms with van der Waals surface area (Å²) in [5.74, 6) is 0.420. The summed E-state index contributed by atoms with van der Waals surface area (Å²) < 4.78 is 14.0. The summed E-state index contributed by atoms with van der Waals surface area (Å²) in [5.41, 5.74) is 9.72. The number of hydrogen-bond donors (Lipinski definition) is 0. The fourth-order valence-corrected chi connectivity index (χ4v) is 7.68. The predicted octanol–water partition coefficient (Wildman–Crippen LogP) is 13.0. The highest BCUT2D eigenvalue weighted by Gasteiger charge is 2.18. The molecule has 3 nitrogen and oxygen atoms in total. The zero-order chi connectivity index (χ0) is 35.3. The average molecular weight is 680 g/mol. The Morgan fingerprint density at radius 1 is 0.340 bits per heavy atom. The van der Waals surface area contributed by atoms with Gasteiger partial charge in [0.2, 0.25) is 0 Å². The van der Waals surface area contributed by atoms with E-state index in [1.165, 1.54) is 12.1 Å². The highest BCUT2D eigenvalue weighted by molar-refractivity contribution is 6.24. The van der Waals surface area contributed by atoms with E-state index in [0.717, 1.165) is 93.7 Å². The van der Waals surface area contributed by atoms with Crippen molar-refractivity contribution in [1.29, 1.82) is 0 Å². The van der Waals surface area contributed by atoms with Crippen LogP contribution in [0.25, 0.3) is 99.5 Å². The molecular weight excluding hydrogens is 650 g/mol. The SMILES string of the molecule is Fc1ccc(-c2nc3ccccc3c3c2ccc2c(-c4ccc(-c5nc(-c6ccccc6)cc(-c6ccccc6)n5)c5ccccc45)cccc23)cc1. The molecule has 0 spiro atoms. The smallest absolute Gasteiger partial charge is 0.161 e. The Bertz CT molecular complexity index is 2940. The van der Waals surface area contributed by atoms with Crippen LogP contribution in [0.2, 0.25) is 0 Å². The van der Waals surface area contributed by atoms with Crippen molar-refractivity contribution >= 4 is 43.2 Å². The van der Waals surface area contributed by atoms with Gasteiger partial charge >= 0.3 is 0 Å². The summed E-state index contributed by atoms with van der Waals surface area (Å²) in [5, 5.41) is 7.74. The third kappa shape index (κ3) is 5.31. The normalized spacial score (nSPS) is 11.5. The predicted molar refractivity (Wildman–Crippen MR) is 217 cm³/mol. The maximum atomic E-state index is 14.0. The third-order valence-electron chi connectivity index (χ3n) is 10.2. The molecule has 0 N–H and O–H groups in total. The fourth-order valence-electron chi connectivity index (χ4n) is 7.68. The second kappa shape index (κ2) is 12.6.